The lowest BCUT2D eigenvalue weighted by Crippen LogP contribution is -2.32. The first kappa shape index (κ1) is 16.2. The molecule has 0 spiro atoms. The zero-order valence-electron chi connectivity index (χ0n) is 12.5. The van der Waals surface area contributed by atoms with Crippen molar-refractivity contribution in [2.45, 2.75) is 0 Å². The van der Waals surface area contributed by atoms with E-state index in [1.165, 1.54) is 12.1 Å². The minimum Gasteiger partial charge on any atom is -0.492 e. The number of nitrogens with one attached hydrogen (secondary N) is 2. The summed E-state index contributed by atoms with van der Waals surface area (Å²) in [6, 6.07) is 8.50. The Labute approximate surface area is 142 Å². The molecule has 0 aliphatic carbocycles. The third-order valence-corrected chi connectivity index (χ3v) is 3.49. The molecule has 0 radical (unpaired) electrons. The maximum atomic E-state index is 12.9. The Morgan fingerprint density at radius 2 is 2.04 bits per heavy atom. The molecule has 6 nitrogen and oxygen atoms in total. The van der Waals surface area contributed by atoms with E-state index in [0.29, 0.717) is 22.9 Å². The third-order valence-electron chi connectivity index (χ3n) is 3.18. The Balaban J connectivity index is 1.42. The average Bonchev–Trinajstić information content (AvgIpc) is 3.02. The molecule has 8 heteroatoms. The molecule has 2 aromatic rings. The van der Waals surface area contributed by atoms with Gasteiger partial charge in [-0.1, -0.05) is 11.6 Å². The maximum Gasteiger partial charge on any atom is 0.319 e. The van der Waals surface area contributed by atoms with Gasteiger partial charge in [-0.25, -0.2) is 9.18 Å². The minimum atomic E-state index is -0.469. The van der Waals surface area contributed by atoms with Crippen molar-refractivity contribution in [1.29, 1.82) is 0 Å². The van der Waals surface area contributed by atoms with E-state index in [1.54, 1.807) is 18.2 Å². The summed E-state index contributed by atoms with van der Waals surface area (Å²) in [5, 5.41) is 5.27. The summed E-state index contributed by atoms with van der Waals surface area (Å²) in [6.07, 6.45) is 0. The number of urea groups is 1. The van der Waals surface area contributed by atoms with Crippen LogP contribution in [0.1, 0.15) is 0 Å². The molecule has 2 N–H and O–H groups in total. The van der Waals surface area contributed by atoms with Crippen LogP contribution >= 0.6 is 11.6 Å². The molecule has 3 rings (SSSR count). The zero-order valence-corrected chi connectivity index (χ0v) is 13.2. The van der Waals surface area contributed by atoms with E-state index in [0.717, 1.165) is 6.07 Å². The Morgan fingerprint density at radius 1 is 1.21 bits per heavy atom. The number of hydrogen-bond acceptors (Lipinski definition) is 4. The molecule has 1 heterocycles. The summed E-state index contributed by atoms with van der Waals surface area (Å²) < 4.78 is 28.9. The van der Waals surface area contributed by atoms with Gasteiger partial charge in [0.2, 0.25) is 6.79 Å². The number of anilines is 1. The average molecular weight is 353 g/mol. The molecule has 0 unspecified atom stereocenters. The quantitative estimate of drug-likeness (QED) is 0.809. The molecule has 0 saturated carbocycles. The lowest BCUT2D eigenvalue weighted by Gasteiger charge is -2.10. The van der Waals surface area contributed by atoms with E-state index >= 15 is 0 Å². The standard InChI is InChI=1S/C16H14ClFN2O4/c17-12-7-10(18)1-3-13(12)20-16(21)19-5-6-22-11-2-4-14-15(8-11)24-9-23-14/h1-4,7-8H,5-6,9H2,(H2,19,20,21). The molecule has 1 aliphatic rings. The van der Waals surface area contributed by atoms with Gasteiger partial charge < -0.3 is 24.8 Å². The molecule has 0 aromatic heterocycles. The number of carbonyl (C=O) groups is 1. The Morgan fingerprint density at radius 3 is 2.88 bits per heavy atom. The van der Waals surface area contributed by atoms with Crippen molar-refractivity contribution in [2.24, 2.45) is 0 Å². The first-order chi connectivity index (χ1) is 11.6. The van der Waals surface area contributed by atoms with Crippen LogP contribution in [0.4, 0.5) is 14.9 Å². The number of ether oxygens (including phenoxy) is 3. The highest BCUT2D eigenvalue weighted by molar-refractivity contribution is 6.33. The topological polar surface area (TPSA) is 68.8 Å². The smallest absolute Gasteiger partial charge is 0.319 e. The van der Waals surface area contributed by atoms with Crippen molar-refractivity contribution in [1.82, 2.24) is 5.32 Å². The van der Waals surface area contributed by atoms with E-state index in [1.807, 2.05) is 0 Å². The van der Waals surface area contributed by atoms with Crippen LogP contribution < -0.4 is 24.8 Å². The van der Waals surface area contributed by atoms with Gasteiger partial charge >= 0.3 is 6.03 Å². The van der Waals surface area contributed by atoms with Gasteiger partial charge in [-0.2, -0.15) is 0 Å². The molecule has 2 amide bonds. The molecule has 0 bridgehead atoms. The zero-order chi connectivity index (χ0) is 16.9. The summed E-state index contributed by atoms with van der Waals surface area (Å²) in [4.78, 5) is 11.7. The van der Waals surface area contributed by atoms with Crippen LogP contribution in [-0.4, -0.2) is 26.0 Å². The second-order valence-corrected chi connectivity index (χ2v) is 5.28. The summed E-state index contributed by atoms with van der Waals surface area (Å²) in [5.41, 5.74) is 0.326. The van der Waals surface area contributed by atoms with Gasteiger partial charge in [-0.05, 0) is 30.3 Å². The highest BCUT2D eigenvalue weighted by Gasteiger charge is 2.13. The van der Waals surface area contributed by atoms with Crippen LogP contribution in [0, 0.1) is 5.82 Å². The van der Waals surface area contributed by atoms with Crippen LogP contribution in [0.5, 0.6) is 17.2 Å². The van der Waals surface area contributed by atoms with Crippen LogP contribution in [0.25, 0.3) is 0 Å². The third kappa shape index (κ3) is 3.99. The second-order valence-electron chi connectivity index (χ2n) is 4.87. The molecule has 0 atom stereocenters. The SMILES string of the molecule is O=C(NCCOc1ccc2c(c1)OCO2)Nc1ccc(F)cc1Cl. The van der Waals surface area contributed by atoms with Crippen molar-refractivity contribution in [3.05, 3.63) is 47.2 Å². The van der Waals surface area contributed by atoms with E-state index < -0.39 is 11.8 Å². The Bertz CT molecular complexity index is 757. The van der Waals surface area contributed by atoms with E-state index in [-0.39, 0.29) is 25.0 Å². The summed E-state index contributed by atoms with van der Waals surface area (Å²) in [7, 11) is 0. The number of carbonyl (C=O) groups excluding carboxylic acids is 1. The normalized spacial score (nSPS) is 11.9. The van der Waals surface area contributed by atoms with E-state index in [2.05, 4.69) is 10.6 Å². The molecule has 2 aromatic carbocycles. The number of amides is 2. The summed E-state index contributed by atoms with van der Waals surface area (Å²) in [5.74, 6) is 1.45. The summed E-state index contributed by atoms with van der Waals surface area (Å²) >= 11 is 5.83. The monoisotopic (exact) mass is 352 g/mol. The largest absolute Gasteiger partial charge is 0.492 e. The molecule has 126 valence electrons. The first-order valence-electron chi connectivity index (χ1n) is 7.14. The Kier molecular flexibility index (Phi) is 4.90. The van der Waals surface area contributed by atoms with Crippen LogP contribution in [0.3, 0.4) is 0 Å². The molecule has 24 heavy (non-hydrogen) atoms. The minimum absolute atomic E-state index is 0.127. The number of rotatable bonds is 5. The van der Waals surface area contributed by atoms with E-state index in [4.69, 9.17) is 25.8 Å². The van der Waals surface area contributed by atoms with Crippen molar-refractivity contribution in [3.63, 3.8) is 0 Å². The lowest BCUT2D eigenvalue weighted by molar-refractivity contribution is 0.173. The first-order valence-corrected chi connectivity index (χ1v) is 7.52. The number of halogens is 2. The van der Waals surface area contributed by atoms with Crippen molar-refractivity contribution in [3.8, 4) is 17.2 Å². The molecule has 0 saturated heterocycles. The molecular weight excluding hydrogens is 339 g/mol. The second kappa shape index (κ2) is 7.27. The number of benzene rings is 2. The number of hydrogen-bond donors (Lipinski definition) is 2. The predicted molar refractivity (Wildman–Crippen MR) is 86.5 cm³/mol. The van der Waals surface area contributed by atoms with Crippen molar-refractivity contribution in [2.75, 3.05) is 25.3 Å². The van der Waals surface area contributed by atoms with Gasteiger partial charge in [0.25, 0.3) is 0 Å². The fourth-order valence-corrected chi connectivity index (χ4v) is 2.27. The van der Waals surface area contributed by atoms with E-state index in [9.17, 15) is 9.18 Å². The maximum absolute atomic E-state index is 12.9. The fourth-order valence-electron chi connectivity index (χ4n) is 2.06. The van der Waals surface area contributed by atoms with Crippen LogP contribution in [-0.2, 0) is 0 Å². The van der Waals surface area contributed by atoms with Gasteiger partial charge in [0.05, 0.1) is 17.3 Å². The molecule has 1 aliphatic heterocycles. The summed E-state index contributed by atoms with van der Waals surface area (Å²) in [6.45, 7) is 0.746. The van der Waals surface area contributed by atoms with Crippen LogP contribution in [0.2, 0.25) is 5.02 Å². The van der Waals surface area contributed by atoms with Gasteiger partial charge in [-0.3, -0.25) is 0 Å². The van der Waals surface area contributed by atoms with Gasteiger partial charge in [0.15, 0.2) is 11.5 Å². The van der Waals surface area contributed by atoms with Crippen molar-refractivity contribution >= 4 is 23.3 Å². The van der Waals surface area contributed by atoms with Gasteiger partial charge in [-0.15, -0.1) is 0 Å². The lowest BCUT2D eigenvalue weighted by atomic mass is 10.3. The highest BCUT2D eigenvalue weighted by atomic mass is 35.5. The predicted octanol–water partition coefficient (Wildman–Crippen LogP) is 3.41. The highest BCUT2D eigenvalue weighted by Crippen LogP contribution is 2.34. The van der Waals surface area contributed by atoms with Gasteiger partial charge in [0.1, 0.15) is 18.2 Å². The Hall–Kier alpha value is -2.67. The fraction of sp³-hybridized carbons (Fsp3) is 0.188. The number of fused-ring (bicyclic) bond motifs is 1. The van der Waals surface area contributed by atoms with Crippen LogP contribution in [0.15, 0.2) is 36.4 Å². The molecular formula is C16H14ClFN2O4. The van der Waals surface area contributed by atoms with Crippen molar-refractivity contribution < 1.29 is 23.4 Å². The van der Waals surface area contributed by atoms with Gasteiger partial charge in [0, 0.05) is 6.07 Å². The molecule has 0 fully saturated rings.